The standard InChI is InChI=1S/C15H17NO5.C2H6/c1-2-10-3-5-11(6-4-10)9-20-13(17)8-7-12-14(18)21-15(19)16-12;1-2/h3-6,12H,2,7-9H2,1H3,(H,16,19);1-2H3. The zero-order valence-corrected chi connectivity index (χ0v) is 13.8. The number of alkyl carbamates (subject to hydrolysis) is 1. The quantitative estimate of drug-likeness (QED) is 0.643. The molecule has 0 spiro atoms. The molecule has 126 valence electrons. The molecule has 2 rings (SSSR count). The zero-order chi connectivity index (χ0) is 17.2. The van der Waals surface area contributed by atoms with Crippen molar-refractivity contribution in [1.29, 1.82) is 0 Å². The molecule has 1 aromatic rings. The van der Waals surface area contributed by atoms with Gasteiger partial charge in [-0.25, -0.2) is 9.59 Å². The number of rotatable bonds is 6. The molecule has 6 heteroatoms. The Morgan fingerprint density at radius 1 is 1.17 bits per heavy atom. The van der Waals surface area contributed by atoms with Crippen molar-refractivity contribution in [1.82, 2.24) is 5.32 Å². The van der Waals surface area contributed by atoms with Crippen molar-refractivity contribution in [2.75, 3.05) is 0 Å². The fourth-order valence-electron chi connectivity index (χ4n) is 1.95. The number of carbonyl (C=O) groups is 3. The normalized spacial score (nSPS) is 16.0. The van der Waals surface area contributed by atoms with E-state index >= 15 is 0 Å². The van der Waals surface area contributed by atoms with Crippen LogP contribution in [0.2, 0.25) is 0 Å². The number of cyclic esters (lactones) is 2. The zero-order valence-electron chi connectivity index (χ0n) is 13.8. The van der Waals surface area contributed by atoms with Crippen LogP contribution in [0.1, 0.15) is 44.7 Å². The topological polar surface area (TPSA) is 81.7 Å². The first kappa shape index (κ1) is 18.7. The van der Waals surface area contributed by atoms with E-state index in [-0.39, 0.29) is 19.4 Å². The maximum absolute atomic E-state index is 11.6. The summed E-state index contributed by atoms with van der Waals surface area (Å²) >= 11 is 0. The molecule has 1 N–H and O–H groups in total. The van der Waals surface area contributed by atoms with Gasteiger partial charge in [0.25, 0.3) is 0 Å². The van der Waals surface area contributed by atoms with E-state index in [0.29, 0.717) is 0 Å². The van der Waals surface area contributed by atoms with E-state index in [1.54, 1.807) is 0 Å². The van der Waals surface area contributed by atoms with Gasteiger partial charge >= 0.3 is 18.0 Å². The minimum Gasteiger partial charge on any atom is -0.461 e. The molecule has 0 radical (unpaired) electrons. The Morgan fingerprint density at radius 2 is 1.78 bits per heavy atom. The van der Waals surface area contributed by atoms with Crippen molar-refractivity contribution in [3.63, 3.8) is 0 Å². The maximum atomic E-state index is 11.6. The Kier molecular flexibility index (Phi) is 7.80. The van der Waals surface area contributed by atoms with Crippen LogP contribution >= 0.6 is 0 Å². The lowest BCUT2D eigenvalue weighted by Gasteiger charge is -2.07. The Hall–Kier alpha value is -2.37. The van der Waals surface area contributed by atoms with Gasteiger partial charge in [-0.1, -0.05) is 45.0 Å². The van der Waals surface area contributed by atoms with E-state index < -0.39 is 24.1 Å². The SMILES string of the molecule is CC.CCc1ccc(COC(=O)CCC2NC(=O)OC2=O)cc1. The Bertz CT molecular complexity index is 538. The van der Waals surface area contributed by atoms with Crippen LogP contribution in [-0.2, 0) is 32.1 Å². The smallest absolute Gasteiger partial charge is 0.415 e. The van der Waals surface area contributed by atoms with Crippen LogP contribution < -0.4 is 5.32 Å². The molecule has 6 nitrogen and oxygen atoms in total. The third-order valence-electron chi connectivity index (χ3n) is 3.24. The van der Waals surface area contributed by atoms with Crippen molar-refractivity contribution < 1.29 is 23.9 Å². The molecule has 0 aromatic heterocycles. The second kappa shape index (κ2) is 9.61. The lowest BCUT2D eigenvalue weighted by Crippen LogP contribution is -2.29. The molecule has 1 saturated heterocycles. The number of hydrogen-bond donors (Lipinski definition) is 1. The van der Waals surface area contributed by atoms with Crippen molar-refractivity contribution in [3.8, 4) is 0 Å². The van der Waals surface area contributed by atoms with Gasteiger partial charge in [0, 0.05) is 6.42 Å². The maximum Gasteiger partial charge on any atom is 0.415 e. The second-order valence-electron chi connectivity index (χ2n) is 4.77. The second-order valence-corrected chi connectivity index (χ2v) is 4.77. The highest BCUT2D eigenvalue weighted by atomic mass is 16.6. The first-order chi connectivity index (χ1) is 11.1. The molecule has 1 unspecified atom stereocenters. The number of hydrogen-bond acceptors (Lipinski definition) is 5. The van der Waals surface area contributed by atoms with Crippen molar-refractivity contribution in [2.24, 2.45) is 0 Å². The van der Waals surface area contributed by atoms with Gasteiger partial charge < -0.3 is 14.8 Å². The van der Waals surface area contributed by atoms with E-state index in [2.05, 4.69) is 17.0 Å². The van der Waals surface area contributed by atoms with Gasteiger partial charge in [0.1, 0.15) is 12.6 Å². The van der Waals surface area contributed by atoms with Crippen molar-refractivity contribution in [3.05, 3.63) is 35.4 Å². The molecule has 1 heterocycles. The summed E-state index contributed by atoms with van der Waals surface area (Å²) in [7, 11) is 0. The average molecular weight is 321 g/mol. The summed E-state index contributed by atoms with van der Waals surface area (Å²) in [6, 6.07) is 7.07. The number of esters is 2. The largest absolute Gasteiger partial charge is 0.461 e. The predicted octanol–water partition coefficient (Wildman–Crippen LogP) is 2.73. The molecule has 23 heavy (non-hydrogen) atoms. The van der Waals surface area contributed by atoms with Gasteiger partial charge in [0.15, 0.2) is 0 Å². The lowest BCUT2D eigenvalue weighted by atomic mass is 10.1. The molecule has 1 aromatic carbocycles. The van der Waals surface area contributed by atoms with Gasteiger partial charge in [-0.3, -0.25) is 4.79 Å². The highest BCUT2D eigenvalue weighted by molar-refractivity contribution is 5.95. The lowest BCUT2D eigenvalue weighted by molar-refractivity contribution is -0.145. The summed E-state index contributed by atoms with van der Waals surface area (Å²) in [5.74, 6) is -1.06. The summed E-state index contributed by atoms with van der Waals surface area (Å²) in [5, 5.41) is 2.33. The summed E-state index contributed by atoms with van der Waals surface area (Å²) in [5.41, 5.74) is 2.13. The molecule has 1 aliphatic rings. The number of aryl methyl sites for hydroxylation is 1. The number of amides is 1. The highest BCUT2D eigenvalue weighted by Crippen LogP contribution is 2.10. The van der Waals surface area contributed by atoms with Crippen LogP contribution in [0.25, 0.3) is 0 Å². The van der Waals surface area contributed by atoms with E-state index in [1.807, 2.05) is 38.1 Å². The average Bonchev–Trinajstić information content (AvgIpc) is 2.91. The Balaban J connectivity index is 0.00000127. The number of benzene rings is 1. The molecule has 0 bridgehead atoms. The first-order valence-corrected chi connectivity index (χ1v) is 7.84. The van der Waals surface area contributed by atoms with Gasteiger partial charge in [0.05, 0.1) is 0 Å². The number of nitrogens with one attached hydrogen (secondary N) is 1. The van der Waals surface area contributed by atoms with Crippen LogP contribution in [0.4, 0.5) is 4.79 Å². The molecule has 0 aliphatic carbocycles. The molecule has 1 atom stereocenters. The summed E-state index contributed by atoms with van der Waals surface area (Å²) in [6.45, 7) is 6.27. The minimum absolute atomic E-state index is 0.0487. The molecule has 1 fully saturated rings. The molecule has 1 amide bonds. The van der Waals surface area contributed by atoms with Gasteiger partial charge in [-0.05, 0) is 24.0 Å². The van der Waals surface area contributed by atoms with E-state index in [0.717, 1.165) is 12.0 Å². The summed E-state index contributed by atoms with van der Waals surface area (Å²) < 4.78 is 9.44. The number of ether oxygens (including phenoxy) is 2. The third kappa shape index (κ3) is 6.10. The molecule has 0 saturated carbocycles. The van der Waals surface area contributed by atoms with Gasteiger partial charge in [-0.15, -0.1) is 0 Å². The third-order valence-corrected chi connectivity index (χ3v) is 3.24. The van der Waals surface area contributed by atoms with Crippen molar-refractivity contribution >= 4 is 18.0 Å². The Labute approximate surface area is 136 Å². The van der Waals surface area contributed by atoms with E-state index in [1.165, 1.54) is 5.56 Å². The predicted molar refractivity (Wildman–Crippen MR) is 84.6 cm³/mol. The van der Waals surface area contributed by atoms with Crippen molar-refractivity contribution in [2.45, 2.75) is 52.7 Å². The van der Waals surface area contributed by atoms with Crippen LogP contribution in [0, 0.1) is 0 Å². The van der Waals surface area contributed by atoms with E-state index in [4.69, 9.17) is 4.74 Å². The van der Waals surface area contributed by atoms with E-state index in [9.17, 15) is 14.4 Å². The van der Waals surface area contributed by atoms with Crippen LogP contribution in [0.3, 0.4) is 0 Å². The summed E-state index contributed by atoms with van der Waals surface area (Å²) in [6.07, 6.45) is 0.420. The Morgan fingerprint density at radius 3 is 2.30 bits per heavy atom. The fraction of sp³-hybridized carbons (Fsp3) is 0.471. The monoisotopic (exact) mass is 321 g/mol. The molecular formula is C17H23NO5. The molecular weight excluding hydrogens is 298 g/mol. The molecule has 1 aliphatic heterocycles. The van der Waals surface area contributed by atoms with Crippen LogP contribution in [-0.4, -0.2) is 24.1 Å². The fourth-order valence-corrected chi connectivity index (χ4v) is 1.95. The van der Waals surface area contributed by atoms with Gasteiger partial charge in [0.2, 0.25) is 0 Å². The highest BCUT2D eigenvalue weighted by Gasteiger charge is 2.32. The summed E-state index contributed by atoms with van der Waals surface area (Å²) in [4.78, 5) is 33.6. The first-order valence-electron chi connectivity index (χ1n) is 7.84. The van der Waals surface area contributed by atoms with Crippen LogP contribution in [0.15, 0.2) is 24.3 Å². The minimum atomic E-state index is -0.769. The number of carbonyl (C=O) groups excluding carboxylic acids is 3. The van der Waals surface area contributed by atoms with Gasteiger partial charge in [-0.2, -0.15) is 0 Å². The van der Waals surface area contributed by atoms with Crippen LogP contribution in [0.5, 0.6) is 0 Å².